The Hall–Kier alpha value is -1.43. The van der Waals surface area contributed by atoms with Gasteiger partial charge < -0.3 is 11.1 Å². The van der Waals surface area contributed by atoms with Crippen molar-refractivity contribution in [3.8, 4) is 0 Å². The molecule has 1 amide bonds. The van der Waals surface area contributed by atoms with Gasteiger partial charge in [0.05, 0.1) is 5.54 Å². The second-order valence-electron chi connectivity index (χ2n) is 4.90. The SMILES string of the molecule is Cl.NC1(C(=O)Nc2ncc(Cc3ccccc3)s2)CC1. The summed E-state index contributed by atoms with van der Waals surface area (Å²) in [6.45, 7) is 0. The van der Waals surface area contributed by atoms with Crippen molar-refractivity contribution in [3.63, 3.8) is 0 Å². The monoisotopic (exact) mass is 309 g/mol. The van der Waals surface area contributed by atoms with Gasteiger partial charge in [-0.05, 0) is 18.4 Å². The van der Waals surface area contributed by atoms with E-state index in [1.807, 2.05) is 24.4 Å². The lowest BCUT2D eigenvalue weighted by molar-refractivity contribution is -0.118. The Morgan fingerprint density at radius 1 is 1.35 bits per heavy atom. The molecular weight excluding hydrogens is 294 g/mol. The highest BCUT2D eigenvalue weighted by Gasteiger charge is 2.46. The van der Waals surface area contributed by atoms with Crippen LogP contribution in [0, 0.1) is 0 Å². The molecule has 1 aliphatic carbocycles. The summed E-state index contributed by atoms with van der Waals surface area (Å²) in [7, 11) is 0. The van der Waals surface area contributed by atoms with Crippen LogP contribution in [0.15, 0.2) is 36.5 Å². The zero-order valence-electron chi connectivity index (χ0n) is 10.8. The lowest BCUT2D eigenvalue weighted by Crippen LogP contribution is -2.37. The van der Waals surface area contributed by atoms with E-state index in [1.54, 1.807) is 0 Å². The number of halogens is 1. The molecule has 1 heterocycles. The number of nitrogens with one attached hydrogen (secondary N) is 1. The third-order valence-corrected chi connectivity index (χ3v) is 4.15. The Balaban J connectivity index is 0.00000147. The van der Waals surface area contributed by atoms with E-state index in [2.05, 4.69) is 22.4 Å². The molecule has 106 valence electrons. The van der Waals surface area contributed by atoms with Crippen LogP contribution in [0.4, 0.5) is 5.13 Å². The van der Waals surface area contributed by atoms with Crippen molar-refractivity contribution in [2.75, 3.05) is 5.32 Å². The summed E-state index contributed by atoms with van der Waals surface area (Å²) in [5.41, 5.74) is 6.42. The second kappa shape index (κ2) is 5.91. The predicted molar refractivity (Wildman–Crippen MR) is 83.4 cm³/mol. The highest BCUT2D eigenvalue weighted by Crippen LogP contribution is 2.33. The number of benzene rings is 1. The van der Waals surface area contributed by atoms with E-state index in [0.717, 1.165) is 24.1 Å². The first-order valence-electron chi connectivity index (χ1n) is 6.25. The molecule has 4 nitrogen and oxygen atoms in total. The number of carbonyl (C=O) groups is 1. The van der Waals surface area contributed by atoms with Crippen molar-refractivity contribution < 1.29 is 4.79 Å². The van der Waals surface area contributed by atoms with Gasteiger partial charge in [0.1, 0.15) is 0 Å². The van der Waals surface area contributed by atoms with Gasteiger partial charge in [-0.3, -0.25) is 4.79 Å². The lowest BCUT2D eigenvalue weighted by Gasteiger charge is -2.06. The molecule has 1 aliphatic rings. The minimum absolute atomic E-state index is 0. The van der Waals surface area contributed by atoms with Gasteiger partial charge in [0.2, 0.25) is 5.91 Å². The van der Waals surface area contributed by atoms with Crippen LogP contribution in [0.1, 0.15) is 23.3 Å². The van der Waals surface area contributed by atoms with E-state index in [9.17, 15) is 4.79 Å². The fourth-order valence-corrected chi connectivity index (χ4v) is 2.67. The zero-order chi connectivity index (χ0) is 13.3. The molecular formula is C14H16ClN3OS. The zero-order valence-corrected chi connectivity index (χ0v) is 12.5. The van der Waals surface area contributed by atoms with Gasteiger partial charge in [0.25, 0.3) is 0 Å². The molecule has 3 N–H and O–H groups in total. The van der Waals surface area contributed by atoms with Crippen molar-refractivity contribution >= 4 is 34.8 Å². The van der Waals surface area contributed by atoms with Crippen molar-refractivity contribution in [3.05, 3.63) is 47.0 Å². The Bertz CT molecular complexity index is 595. The molecule has 1 fully saturated rings. The fourth-order valence-electron chi connectivity index (χ4n) is 1.83. The van der Waals surface area contributed by atoms with Crippen LogP contribution in [-0.2, 0) is 11.2 Å². The maximum atomic E-state index is 11.8. The minimum Gasteiger partial charge on any atom is -0.317 e. The van der Waals surface area contributed by atoms with E-state index in [-0.39, 0.29) is 18.3 Å². The van der Waals surface area contributed by atoms with Crippen LogP contribution in [-0.4, -0.2) is 16.4 Å². The minimum atomic E-state index is -0.648. The van der Waals surface area contributed by atoms with E-state index < -0.39 is 5.54 Å². The third kappa shape index (κ3) is 3.36. The standard InChI is InChI=1S/C14H15N3OS.ClH/c15-14(6-7-14)12(18)17-13-16-9-11(19-13)8-10-4-2-1-3-5-10;/h1-5,9H,6-8,15H2,(H,16,17,18);1H. The number of nitrogens with zero attached hydrogens (tertiary/aromatic N) is 1. The van der Waals surface area contributed by atoms with Gasteiger partial charge in [0.15, 0.2) is 5.13 Å². The molecule has 0 radical (unpaired) electrons. The van der Waals surface area contributed by atoms with Gasteiger partial charge >= 0.3 is 0 Å². The second-order valence-corrected chi connectivity index (χ2v) is 6.02. The Morgan fingerprint density at radius 2 is 2.05 bits per heavy atom. The molecule has 1 aromatic heterocycles. The topological polar surface area (TPSA) is 68.0 Å². The van der Waals surface area contributed by atoms with E-state index in [4.69, 9.17) is 5.73 Å². The maximum absolute atomic E-state index is 11.8. The van der Waals surface area contributed by atoms with E-state index in [1.165, 1.54) is 16.9 Å². The first kappa shape index (κ1) is 15.0. The quantitative estimate of drug-likeness (QED) is 0.912. The molecule has 0 unspecified atom stereocenters. The number of hydrogen-bond donors (Lipinski definition) is 2. The van der Waals surface area contributed by atoms with E-state index in [0.29, 0.717) is 5.13 Å². The number of rotatable bonds is 4. The highest BCUT2D eigenvalue weighted by molar-refractivity contribution is 7.15. The smallest absolute Gasteiger partial charge is 0.246 e. The molecule has 0 atom stereocenters. The number of carbonyl (C=O) groups excluding carboxylic acids is 1. The van der Waals surface area contributed by atoms with Crippen LogP contribution < -0.4 is 11.1 Å². The summed E-state index contributed by atoms with van der Waals surface area (Å²) in [4.78, 5) is 17.1. The van der Waals surface area contributed by atoms with Crippen LogP contribution in [0.25, 0.3) is 0 Å². The first-order chi connectivity index (χ1) is 9.16. The number of aromatic nitrogens is 1. The van der Waals surface area contributed by atoms with Crippen LogP contribution >= 0.6 is 23.7 Å². The molecule has 0 saturated heterocycles. The Labute approximate surface area is 127 Å². The van der Waals surface area contributed by atoms with Gasteiger partial charge in [-0.1, -0.05) is 30.3 Å². The average Bonchev–Trinajstić information content (AvgIpc) is 3.02. The predicted octanol–water partition coefficient (Wildman–Crippen LogP) is 2.59. The molecule has 1 aromatic carbocycles. The van der Waals surface area contributed by atoms with Crippen molar-refractivity contribution in [2.24, 2.45) is 5.73 Å². The van der Waals surface area contributed by atoms with Crippen LogP contribution in [0.5, 0.6) is 0 Å². The molecule has 0 spiro atoms. The van der Waals surface area contributed by atoms with Crippen molar-refractivity contribution in [1.82, 2.24) is 4.98 Å². The molecule has 2 aromatic rings. The maximum Gasteiger partial charge on any atom is 0.246 e. The first-order valence-corrected chi connectivity index (χ1v) is 7.06. The molecule has 0 bridgehead atoms. The Morgan fingerprint density at radius 3 is 2.70 bits per heavy atom. The van der Waals surface area contributed by atoms with Gasteiger partial charge in [0, 0.05) is 17.5 Å². The number of thiazole rings is 1. The number of hydrogen-bond acceptors (Lipinski definition) is 4. The van der Waals surface area contributed by atoms with Gasteiger partial charge in [-0.25, -0.2) is 4.98 Å². The summed E-state index contributed by atoms with van der Waals surface area (Å²) < 4.78 is 0. The largest absolute Gasteiger partial charge is 0.317 e. The van der Waals surface area contributed by atoms with Crippen LogP contribution in [0.3, 0.4) is 0 Å². The summed E-state index contributed by atoms with van der Waals surface area (Å²) >= 11 is 1.50. The van der Waals surface area contributed by atoms with Gasteiger partial charge in [-0.2, -0.15) is 0 Å². The molecule has 3 rings (SSSR count). The normalized spacial score (nSPS) is 15.2. The summed E-state index contributed by atoms with van der Waals surface area (Å²) in [5, 5.41) is 3.43. The number of anilines is 1. The van der Waals surface area contributed by atoms with Crippen molar-refractivity contribution in [2.45, 2.75) is 24.8 Å². The molecule has 6 heteroatoms. The molecule has 1 saturated carbocycles. The number of nitrogens with two attached hydrogens (primary N) is 1. The summed E-state index contributed by atoms with van der Waals surface area (Å²) in [5.74, 6) is -0.117. The van der Waals surface area contributed by atoms with Crippen LogP contribution in [0.2, 0.25) is 0 Å². The molecule has 0 aliphatic heterocycles. The fraction of sp³-hybridized carbons (Fsp3) is 0.286. The average molecular weight is 310 g/mol. The lowest BCUT2D eigenvalue weighted by atomic mass is 10.1. The number of amides is 1. The molecule has 20 heavy (non-hydrogen) atoms. The summed E-state index contributed by atoms with van der Waals surface area (Å²) in [6, 6.07) is 10.2. The third-order valence-electron chi connectivity index (χ3n) is 3.24. The summed E-state index contributed by atoms with van der Waals surface area (Å²) in [6.07, 6.45) is 4.17. The highest BCUT2D eigenvalue weighted by atomic mass is 35.5. The van der Waals surface area contributed by atoms with Crippen molar-refractivity contribution in [1.29, 1.82) is 0 Å². The van der Waals surface area contributed by atoms with E-state index >= 15 is 0 Å². The van der Waals surface area contributed by atoms with Gasteiger partial charge in [-0.15, -0.1) is 23.7 Å². The Kier molecular flexibility index (Phi) is 4.42.